The largest absolute Gasteiger partial charge is 0.494 e. The molecule has 0 atom stereocenters. The number of nitrogens with zero attached hydrogens (tertiary/aromatic N) is 1. The molecule has 2 aromatic carbocycles. The number of benzene rings is 2. The van der Waals surface area contributed by atoms with E-state index in [1.165, 1.54) is 0 Å². The summed E-state index contributed by atoms with van der Waals surface area (Å²) >= 11 is 0. The molecular formula is C20H24N2O2. The van der Waals surface area contributed by atoms with Gasteiger partial charge in [0.1, 0.15) is 5.75 Å². The van der Waals surface area contributed by atoms with Gasteiger partial charge in [0.05, 0.1) is 12.8 Å². The molecule has 0 aliphatic heterocycles. The number of ether oxygens (including phenoxy) is 1. The summed E-state index contributed by atoms with van der Waals surface area (Å²) in [6.07, 6.45) is 2.64. The normalized spacial score (nSPS) is 11.0. The van der Waals surface area contributed by atoms with Gasteiger partial charge in [-0.3, -0.25) is 4.79 Å². The molecule has 4 heteroatoms. The highest BCUT2D eigenvalue weighted by molar-refractivity contribution is 5.95. The minimum atomic E-state index is -0.243. The Bertz CT molecular complexity index is 691. The van der Waals surface area contributed by atoms with Crippen molar-refractivity contribution in [3.63, 3.8) is 0 Å². The number of amides is 1. The van der Waals surface area contributed by atoms with E-state index < -0.39 is 0 Å². The molecule has 0 saturated heterocycles. The first-order valence-corrected chi connectivity index (χ1v) is 8.17. The van der Waals surface area contributed by atoms with Gasteiger partial charge in [-0.2, -0.15) is 5.10 Å². The van der Waals surface area contributed by atoms with Crippen molar-refractivity contribution >= 4 is 12.1 Å². The van der Waals surface area contributed by atoms with Crippen molar-refractivity contribution in [3.05, 3.63) is 65.2 Å². The Morgan fingerprint density at radius 1 is 1.21 bits per heavy atom. The van der Waals surface area contributed by atoms with Crippen LogP contribution in [0.1, 0.15) is 41.8 Å². The van der Waals surface area contributed by atoms with E-state index in [1.807, 2.05) is 31.2 Å². The Morgan fingerprint density at radius 3 is 2.62 bits per heavy atom. The molecule has 0 spiro atoms. The van der Waals surface area contributed by atoms with Crippen molar-refractivity contribution in [2.45, 2.75) is 27.2 Å². The van der Waals surface area contributed by atoms with E-state index in [0.717, 1.165) is 23.3 Å². The van der Waals surface area contributed by atoms with E-state index in [1.54, 1.807) is 30.5 Å². The minimum Gasteiger partial charge on any atom is -0.494 e. The fourth-order valence-electron chi connectivity index (χ4n) is 2.10. The molecule has 24 heavy (non-hydrogen) atoms. The maximum absolute atomic E-state index is 12.1. The Morgan fingerprint density at radius 2 is 1.96 bits per heavy atom. The van der Waals surface area contributed by atoms with Gasteiger partial charge in [-0.15, -0.1) is 0 Å². The van der Waals surface area contributed by atoms with E-state index in [0.29, 0.717) is 18.1 Å². The van der Waals surface area contributed by atoms with Gasteiger partial charge in [-0.05, 0) is 49.1 Å². The number of carbonyl (C=O) groups excluding carboxylic acids is 1. The van der Waals surface area contributed by atoms with Crippen LogP contribution in [0.3, 0.4) is 0 Å². The summed E-state index contributed by atoms with van der Waals surface area (Å²) in [7, 11) is 0. The number of carbonyl (C=O) groups is 1. The van der Waals surface area contributed by atoms with Crippen LogP contribution in [0.5, 0.6) is 5.75 Å². The summed E-state index contributed by atoms with van der Waals surface area (Å²) in [5.74, 6) is 1.14. The lowest BCUT2D eigenvalue weighted by Gasteiger charge is -2.08. The Labute approximate surface area is 143 Å². The average molecular weight is 324 g/mol. The lowest BCUT2D eigenvalue weighted by molar-refractivity contribution is 0.0955. The zero-order valence-corrected chi connectivity index (χ0v) is 14.5. The topological polar surface area (TPSA) is 50.7 Å². The van der Waals surface area contributed by atoms with Gasteiger partial charge in [-0.25, -0.2) is 5.43 Å². The molecule has 0 radical (unpaired) electrons. The van der Waals surface area contributed by atoms with E-state index >= 15 is 0 Å². The maximum Gasteiger partial charge on any atom is 0.271 e. The highest BCUT2D eigenvalue weighted by Crippen LogP contribution is 2.13. The van der Waals surface area contributed by atoms with Gasteiger partial charge in [0.2, 0.25) is 0 Å². The Balaban J connectivity index is 1.86. The van der Waals surface area contributed by atoms with Crippen LogP contribution < -0.4 is 10.2 Å². The zero-order chi connectivity index (χ0) is 17.4. The summed E-state index contributed by atoms with van der Waals surface area (Å²) in [5.41, 5.74) is 5.18. The Hall–Kier alpha value is -2.62. The fourth-order valence-corrected chi connectivity index (χ4v) is 2.10. The highest BCUT2D eigenvalue weighted by atomic mass is 16.5. The highest BCUT2D eigenvalue weighted by Gasteiger charge is 2.04. The molecular weight excluding hydrogens is 300 g/mol. The van der Waals surface area contributed by atoms with Crippen molar-refractivity contribution in [1.82, 2.24) is 5.43 Å². The van der Waals surface area contributed by atoms with Crippen LogP contribution in [0.2, 0.25) is 0 Å². The van der Waals surface area contributed by atoms with Crippen LogP contribution >= 0.6 is 0 Å². The summed E-state index contributed by atoms with van der Waals surface area (Å²) < 4.78 is 5.64. The summed E-state index contributed by atoms with van der Waals surface area (Å²) in [6, 6.07) is 15.0. The molecule has 2 aromatic rings. The minimum absolute atomic E-state index is 0.243. The molecule has 0 aliphatic carbocycles. The van der Waals surface area contributed by atoms with Crippen molar-refractivity contribution < 1.29 is 9.53 Å². The van der Waals surface area contributed by atoms with Crippen LogP contribution in [0.15, 0.2) is 53.6 Å². The molecule has 0 unspecified atom stereocenters. The molecule has 0 bridgehead atoms. The van der Waals surface area contributed by atoms with E-state index in [2.05, 4.69) is 24.4 Å². The summed E-state index contributed by atoms with van der Waals surface area (Å²) in [4.78, 5) is 12.1. The van der Waals surface area contributed by atoms with Crippen LogP contribution in [0.4, 0.5) is 0 Å². The zero-order valence-electron chi connectivity index (χ0n) is 14.5. The van der Waals surface area contributed by atoms with Crippen molar-refractivity contribution in [1.29, 1.82) is 0 Å². The molecule has 0 saturated carbocycles. The summed E-state index contributed by atoms with van der Waals surface area (Å²) in [5, 5.41) is 3.99. The number of hydrogen-bond acceptors (Lipinski definition) is 3. The standard InChI is InChI=1S/C20H24N2O2/c1-15(2)11-12-24-19-9-7-18(8-10-19)20(23)22-21-14-17-6-4-5-16(3)13-17/h4-10,13-15H,11-12H2,1-3H3,(H,22,23)/b21-14+. The molecule has 2 rings (SSSR count). The monoisotopic (exact) mass is 324 g/mol. The Kier molecular flexibility index (Phi) is 6.55. The third kappa shape index (κ3) is 5.88. The molecule has 1 N–H and O–H groups in total. The molecule has 4 nitrogen and oxygen atoms in total. The number of aryl methyl sites for hydroxylation is 1. The van der Waals surface area contributed by atoms with Crippen molar-refractivity contribution in [2.24, 2.45) is 11.0 Å². The second kappa shape index (κ2) is 8.87. The van der Waals surface area contributed by atoms with E-state index in [4.69, 9.17) is 4.74 Å². The number of rotatable bonds is 7. The van der Waals surface area contributed by atoms with E-state index in [-0.39, 0.29) is 5.91 Å². The maximum atomic E-state index is 12.1. The predicted octanol–water partition coefficient (Wildman–Crippen LogP) is 4.18. The fraction of sp³-hybridized carbons (Fsp3) is 0.300. The van der Waals surface area contributed by atoms with Crippen LogP contribution in [0.25, 0.3) is 0 Å². The summed E-state index contributed by atoms with van der Waals surface area (Å²) in [6.45, 7) is 7.02. The first-order valence-electron chi connectivity index (χ1n) is 8.17. The van der Waals surface area contributed by atoms with Crippen LogP contribution in [-0.4, -0.2) is 18.7 Å². The molecule has 126 valence electrons. The van der Waals surface area contributed by atoms with Gasteiger partial charge < -0.3 is 4.74 Å². The first-order chi connectivity index (χ1) is 11.5. The number of hydrazone groups is 1. The number of hydrogen-bond donors (Lipinski definition) is 1. The smallest absolute Gasteiger partial charge is 0.271 e. The van der Waals surface area contributed by atoms with Crippen molar-refractivity contribution in [2.75, 3.05) is 6.61 Å². The first kappa shape index (κ1) is 17.7. The third-order valence-corrected chi connectivity index (χ3v) is 3.50. The lowest BCUT2D eigenvalue weighted by Crippen LogP contribution is -2.17. The second-order valence-corrected chi connectivity index (χ2v) is 6.17. The van der Waals surface area contributed by atoms with Gasteiger partial charge in [0.15, 0.2) is 0 Å². The molecule has 1 amide bonds. The van der Waals surface area contributed by atoms with Gasteiger partial charge >= 0.3 is 0 Å². The molecule has 0 aromatic heterocycles. The van der Waals surface area contributed by atoms with E-state index in [9.17, 15) is 4.79 Å². The van der Waals surface area contributed by atoms with Gasteiger partial charge in [0.25, 0.3) is 5.91 Å². The number of nitrogens with one attached hydrogen (secondary N) is 1. The molecule has 0 fully saturated rings. The van der Waals surface area contributed by atoms with Crippen LogP contribution in [-0.2, 0) is 0 Å². The second-order valence-electron chi connectivity index (χ2n) is 6.17. The predicted molar refractivity (Wildman–Crippen MR) is 97.6 cm³/mol. The van der Waals surface area contributed by atoms with Crippen LogP contribution in [0, 0.1) is 12.8 Å². The average Bonchev–Trinajstić information content (AvgIpc) is 2.55. The van der Waals surface area contributed by atoms with Gasteiger partial charge in [-0.1, -0.05) is 43.7 Å². The molecule has 0 heterocycles. The van der Waals surface area contributed by atoms with Gasteiger partial charge in [0, 0.05) is 5.56 Å². The van der Waals surface area contributed by atoms with Crippen molar-refractivity contribution in [3.8, 4) is 5.75 Å². The SMILES string of the molecule is Cc1cccc(/C=N/NC(=O)c2ccc(OCCC(C)C)cc2)c1. The quantitative estimate of drug-likeness (QED) is 0.613. The molecule has 0 aliphatic rings. The third-order valence-electron chi connectivity index (χ3n) is 3.50. The lowest BCUT2D eigenvalue weighted by atomic mass is 10.1.